The van der Waals surface area contributed by atoms with E-state index in [2.05, 4.69) is 15.9 Å². The van der Waals surface area contributed by atoms with Crippen LogP contribution in [-0.2, 0) is 11.3 Å². The molecule has 0 bridgehead atoms. The first kappa shape index (κ1) is 18.5. The van der Waals surface area contributed by atoms with Crippen LogP contribution >= 0.6 is 15.9 Å². The third kappa shape index (κ3) is 5.10. The van der Waals surface area contributed by atoms with Crippen molar-refractivity contribution in [2.75, 3.05) is 6.61 Å². The van der Waals surface area contributed by atoms with Gasteiger partial charge < -0.3 is 9.64 Å². The number of amides is 1. The van der Waals surface area contributed by atoms with Crippen LogP contribution in [0.2, 0.25) is 0 Å². The van der Waals surface area contributed by atoms with Crippen molar-refractivity contribution in [1.29, 1.82) is 0 Å². The highest BCUT2D eigenvalue weighted by atomic mass is 79.9. The molecule has 0 aliphatic heterocycles. The molecular formula is C20H24BrNO2. The molecule has 0 radical (unpaired) electrons. The van der Waals surface area contributed by atoms with Gasteiger partial charge in [0.25, 0.3) is 5.91 Å². The Morgan fingerprint density at radius 1 is 1.12 bits per heavy atom. The predicted octanol–water partition coefficient (Wildman–Crippen LogP) is 4.96. The largest absolute Gasteiger partial charge is 0.483 e. The molecule has 24 heavy (non-hydrogen) atoms. The summed E-state index contributed by atoms with van der Waals surface area (Å²) in [6.07, 6.45) is 0. The SMILES string of the molecule is Cc1cc(Br)ccc1OCC(=O)N(Cc1ccccc1)C(C)(C)C. The smallest absolute Gasteiger partial charge is 0.261 e. The highest BCUT2D eigenvalue weighted by Crippen LogP contribution is 2.23. The van der Waals surface area contributed by atoms with Gasteiger partial charge in [-0.05, 0) is 57.0 Å². The molecule has 2 aromatic rings. The third-order valence-corrected chi connectivity index (χ3v) is 4.28. The Kier molecular flexibility index (Phi) is 6.05. The molecule has 128 valence electrons. The van der Waals surface area contributed by atoms with E-state index in [4.69, 9.17) is 4.74 Å². The highest BCUT2D eigenvalue weighted by molar-refractivity contribution is 9.10. The van der Waals surface area contributed by atoms with Crippen molar-refractivity contribution in [2.24, 2.45) is 0 Å². The molecule has 0 aliphatic carbocycles. The van der Waals surface area contributed by atoms with Gasteiger partial charge in [0.15, 0.2) is 6.61 Å². The van der Waals surface area contributed by atoms with E-state index in [0.29, 0.717) is 6.54 Å². The topological polar surface area (TPSA) is 29.5 Å². The predicted molar refractivity (Wildman–Crippen MR) is 101 cm³/mol. The molecule has 0 saturated carbocycles. The summed E-state index contributed by atoms with van der Waals surface area (Å²) in [6.45, 7) is 8.70. The lowest BCUT2D eigenvalue weighted by Gasteiger charge is -2.36. The Bertz CT molecular complexity index is 693. The number of ether oxygens (including phenoxy) is 1. The summed E-state index contributed by atoms with van der Waals surface area (Å²) in [5.74, 6) is 0.716. The lowest BCUT2D eigenvalue weighted by Crippen LogP contribution is -2.47. The summed E-state index contributed by atoms with van der Waals surface area (Å²) >= 11 is 3.43. The number of halogens is 1. The molecule has 0 heterocycles. The van der Waals surface area contributed by atoms with Crippen molar-refractivity contribution < 1.29 is 9.53 Å². The Balaban J connectivity index is 2.08. The van der Waals surface area contributed by atoms with Gasteiger partial charge in [-0.15, -0.1) is 0 Å². The number of hydrogen-bond acceptors (Lipinski definition) is 2. The van der Waals surface area contributed by atoms with E-state index >= 15 is 0 Å². The van der Waals surface area contributed by atoms with Crippen LogP contribution in [0, 0.1) is 6.92 Å². The van der Waals surface area contributed by atoms with Gasteiger partial charge in [0.2, 0.25) is 0 Å². The first-order chi connectivity index (χ1) is 11.3. The maximum absolute atomic E-state index is 12.7. The third-order valence-electron chi connectivity index (χ3n) is 3.78. The van der Waals surface area contributed by atoms with Crippen LogP contribution in [0.3, 0.4) is 0 Å². The summed E-state index contributed by atoms with van der Waals surface area (Å²) in [7, 11) is 0. The average molecular weight is 390 g/mol. The van der Waals surface area contributed by atoms with Gasteiger partial charge in [-0.2, -0.15) is 0 Å². The van der Waals surface area contributed by atoms with Crippen molar-refractivity contribution in [2.45, 2.75) is 39.8 Å². The quantitative estimate of drug-likeness (QED) is 0.722. The van der Waals surface area contributed by atoms with Gasteiger partial charge in [0.1, 0.15) is 5.75 Å². The zero-order valence-corrected chi connectivity index (χ0v) is 16.3. The standard InChI is InChI=1S/C20H24BrNO2/c1-15-12-17(21)10-11-18(15)24-14-19(23)22(20(2,3)4)13-16-8-6-5-7-9-16/h5-12H,13-14H2,1-4H3. The Morgan fingerprint density at radius 3 is 2.38 bits per heavy atom. The fourth-order valence-corrected chi connectivity index (χ4v) is 2.93. The molecule has 0 fully saturated rings. The Labute approximate surface area is 152 Å². The van der Waals surface area contributed by atoms with Gasteiger partial charge in [-0.1, -0.05) is 46.3 Å². The van der Waals surface area contributed by atoms with Gasteiger partial charge in [-0.3, -0.25) is 4.79 Å². The number of carbonyl (C=O) groups is 1. The number of carbonyl (C=O) groups excluding carboxylic acids is 1. The maximum atomic E-state index is 12.7. The molecule has 2 rings (SSSR count). The van der Waals surface area contributed by atoms with Gasteiger partial charge in [0.05, 0.1) is 0 Å². The molecular weight excluding hydrogens is 366 g/mol. The first-order valence-electron chi connectivity index (χ1n) is 8.01. The van der Waals surface area contributed by atoms with Gasteiger partial charge in [-0.25, -0.2) is 0 Å². The normalized spacial score (nSPS) is 11.2. The lowest BCUT2D eigenvalue weighted by molar-refractivity contribution is -0.139. The van der Waals surface area contributed by atoms with E-state index in [1.807, 2.05) is 81.1 Å². The Hall–Kier alpha value is -1.81. The molecule has 0 aromatic heterocycles. The van der Waals surface area contributed by atoms with Crippen molar-refractivity contribution in [1.82, 2.24) is 4.90 Å². The molecule has 0 unspecified atom stereocenters. The molecule has 4 heteroatoms. The molecule has 0 aliphatic rings. The molecule has 2 aromatic carbocycles. The van der Waals surface area contributed by atoms with Crippen LogP contribution < -0.4 is 4.74 Å². The summed E-state index contributed by atoms with van der Waals surface area (Å²) in [5, 5.41) is 0. The van der Waals surface area contributed by atoms with Crippen LogP contribution in [0.5, 0.6) is 5.75 Å². The first-order valence-corrected chi connectivity index (χ1v) is 8.80. The van der Waals surface area contributed by atoms with Crippen molar-refractivity contribution in [3.05, 3.63) is 64.1 Å². The van der Waals surface area contributed by atoms with Crippen molar-refractivity contribution in [3.8, 4) is 5.75 Å². The molecule has 0 atom stereocenters. The lowest BCUT2D eigenvalue weighted by atomic mass is 10.0. The fourth-order valence-electron chi connectivity index (χ4n) is 2.46. The fraction of sp³-hybridized carbons (Fsp3) is 0.350. The van der Waals surface area contributed by atoms with Crippen LogP contribution in [0.15, 0.2) is 53.0 Å². The second kappa shape index (κ2) is 7.84. The molecule has 1 amide bonds. The van der Waals surface area contributed by atoms with Crippen molar-refractivity contribution in [3.63, 3.8) is 0 Å². The number of benzene rings is 2. The average Bonchev–Trinajstić information content (AvgIpc) is 2.51. The van der Waals surface area contributed by atoms with Crippen molar-refractivity contribution >= 4 is 21.8 Å². The maximum Gasteiger partial charge on any atom is 0.261 e. The minimum atomic E-state index is -0.273. The zero-order chi connectivity index (χ0) is 17.7. The van der Waals surface area contributed by atoms with E-state index in [1.54, 1.807) is 0 Å². The van der Waals surface area contributed by atoms with E-state index in [1.165, 1.54) is 0 Å². The molecule has 0 saturated heterocycles. The highest BCUT2D eigenvalue weighted by Gasteiger charge is 2.26. The minimum Gasteiger partial charge on any atom is -0.483 e. The Morgan fingerprint density at radius 2 is 1.79 bits per heavy atom. The van der Waals surface area contributed by atoms with Crippen LogP contribution in [0.25, 0.3) is 0 Å². The number of rotatable bonds is 5. The van der Waals surface area contributed by atoms with E-state index in [9.17, 15) is 4.79 Å². The van der Waals surface area contributed by atoms with Crippen LogP contribution in [0.1, 0.15) is 31.9 Å². The molecule has 0 spiro atoms. The number of hydrogen-bond donors (Lipinski definition) is 0. The van der Waals surface area contributed by atoms with Crippen LogP contribution in [0.4, 0.5) is 0 Å². The summed E-state index contributed by atoms with van der Waals surface area (Å²) < 4.78 is 6.75. The van der Waals surface area contributed by atoms with E-state index in [0.717, 1.165) is 21.3 Å². The molecule has 3 nitrogen and oxygen atoms in total. The van der Waals surface area contributed by atoms with Gasteiger partial charge in [0, 0.05) is 16.6 Å². The summed E-state index contributed by atoms with van der Waals surface area (Å²) in [4.78, 5) is 14.6. The van der Waals surface area contributed by atoms with E-state index < -0.39 is 0 Å². The molecule has 0 N–H and O–H groups in total. The number of nitrogens with zero attached hydrogens (tertiary/aromatic N) is 1. The second-order valence-electron chi connectivity index (χ2n) is 6.83. The number of aryl methyl sites for hydroxylation is 1. The second-order valence-corrected chi connectivity index (χ2v) is 7.75. The monoisotopic (exact) mass is 389 g/mol. The summed E-state index contributed by atoms with van der Waals surface area (Å²) in [5.41, 5.74) is 1.84. The van der Waals surface area contributed by atoms with E-state index in [-0.39, 0.29) is 18.1 Å². The van der Waals surface area contributed by atoms with Gasteiger partial charge >= 0.3 is 0 Å². The minimum absolute atomic E-state index is 0.0197. The summed E-state index contributed by atoms with van der Waals surface area (Å²) in [6, 6.07) is 15.8. The zero-order valence-electron chi connectivity index (χ0n) is 14.7. The van der Waals surface area contributed by atoms with Crippen LogP contribution in [-0.4, -0.2) is 23.0 Å².